The number of carbonyl (C=O) groups is 2. The Kier molecular flexibility index (Phi) is 4.32. The SMILES string of the molecule is COc1ccc2[nH]cc(CN3CC[C@H]4NC(=O)CN(C)C(=O)[C@H]4C3)c2c1. The Bertz CT molecular complexity index is 846. The average molecular weight is 356 g/mol. The lowest BCUT2D eigenvalue weighted by molar-refractivity contribution is -0.136. The van der Waals surface area contributed by atoms with Crippen molar-refractivity contribution < 1.29 is 14.3 Å². The summed E-state index contributed by atoms with van der Waals surface area (Å²) in [4.78, 5) is 31.7. The van der Waals surface area contributed by atoms with Crippen LogP contribution < -0.4 is 10.1 Å². The van der Waals surface area contributed by atoms with Gasteiger partial charge < -0.3 is 19.9 Å². The lowest BCUT2D eigenvalue weighted by atomic mass is 9.91. The highest BCUT2D eigenvalue weighted by atomic mass is 16.5. The number of hydrogen-bond acceptors (Lipinski definition) is 4. The number of likely N-dealkylation sites (tertiary alicyclic amines) is 1. The van der Waals surface area contributed by atoms with Crippen molar-refractivity contribution in [3.63, 3.8) is 0 Å². The van der Waals surface area contributed by atoms with Crippen molar-refractivity contribution in [1.29, 1.82) is 0 Å². The summed E-state index contributed by atoms with van der Waals surface area (Å²) in [5.74, 6) is 0.643. The molecule has 7 nitrogen and oxygen atoms in total. The molecule has 2 aliphatic heterocycles. The molecule has 0 spiro atoms. The second-order valence-electron chi connectivity index (χ2n) is 7.22. The molecule has 0 unspecified atom stereocenters. The van der Waals surface area contributed by atoms with E-state index in [2.05, 4.69) is 15.2 Å². The Hall–Kier alpha value is -2.54. The Morgan fingerprint density at radius 3 is 2.96 bits per heavy atom. The number of nitrogens with zero attached hydrogens (tertiary/aromatic N) is 2. The minimum absolute atomic E-state index is 0.0543. The summed E-state index contributed by atoms with van der Waals surface area (Å²) >= 11 is 0. The molecule has 7 heteroatoms. The summed E-state index contributed by atoms with van der Waals surface area (Å²) in [5, 5.41) is 4.16. The summed E-state index contributed by atoms with van der Waals surface area (Å²) in [6.07, 6.45) is 2.82. The quantitative estimate of drug-likeness (QED) is 0.859. The van der Waals surface area contributed by atoms with Crippen LogP contribution in [0.5, 0.6) is 5.75 Å². The third kappa shape index (κ3) is 3.03. The maximum absolute atomic E-state index is 12.7. The van der Waals surface area contributed by atoms with Gasteiger partial charge >= 0.3 is 0 Å². The lowest BCUT2D eigenvalue weighted by Gasteiger charge is -2.37. The van der Waals surface area contributed by atoms with Gasteiger partial charge in [-0.05, 0) is 30.2 Å². The number of fused-ring (bicyclic) bond motifs is 2. The average Bonchev–Trinajstić information content (AvgIpc) is 2.99. The predicted molar refractivity (Wildman–Crippen MR) is 97.8 cm³/mol. The van der Waals surface area contributed by atoms with Crippen molar-refractivity contribution in [2.45, 2.75) is 19.0 Å². The van der Waals surface area contributed by atoms with E-state index in [4.69, 9.17) is 4.74 Å². The van der Waals surface area contributed by atoms with Crippen LogP contribution in [0.2, 0.25) is 0 Å². The maximum Gasteiger partial charge on any atom is 0.239 e. The summed E-state index contributed by atoms with van der Waals surface area (Å²) in [6.45, 7) is 2.43. The first-order valence-corrected chi connectivity index (χ1v) is 8.96. The number of ether oxygens (including phenoxy) is 1. The zero-order chi connectivity index (χ0) is 18.3. The molecule has 1 aromatic carbocycles. The number of nitrogens with one attached hydrogen (secondary N) is 2. The van der Waals surface area contributed by atoms with E-state index in [0.29, 0.717) is 6.54 Å². The summed E-state index contributed by atoms with van der Waals surface area (Å²) < 4.78 is 5.34. The fourth-order valence-corrected chi connectivity index (χ4v) is 4.07. The fraction of sp³-hybridized carbons (Fsp3) is 0.474. The number of methoxy groups -OCH3 is 1. The Morgan fingerprint density at radius 2 is 2.15 bits per heavy atom. The zero-order valence-electron chi connectivity index (χ0n) is 15.1. The van der Waals surface area contributed by atoms with E-state index in [1.165, 1.54) is 5.56 Å². The molecule has 3 heterocycles. The van der Waals surface area contributed by atoms with E-state index in [1.54, 1.807) is 19.1 Å². The number of hydrogen-bond donors (Lipinski definition) is 2. The van der Waals surface area contributed by atoms with Gasteiger partial charge in [-0.2, -0.15) is 0 Å². The molecule has 2 N–H and O–H groups in total. The van der Waals surface area contributed by atoms with Gasteiger partial charge in [0.1, 0.15) is 5.75 Å². The van der Waals surface area contributed by atoms with Crippen LogP contribution in [0, 0.1) is 5.92 Å². The number of likely N-dealkylation sites (N-methyl/N-ethyl adjacent to an activating group) is 1. The van der Waals surface area contributed by atoms with E-state index in [-0.39, 0.29) is 30.3 Å². The smallest absolute Gasteiger partial charge is 0.239 e. The predicted octanol–water partition coefficient (Wildman–Crippen LogP) is 0.955. The van der Waals surface area contributed by atoms with Crippen LogP contribution in [-0.2, 0) is 16.1 Å². The summed E-state index contributed by atoms with van der Waals surface area (Å²) in [7, 11) is 3.37. The number of amides is 2. The molecular weight excluding hydrogens is 332 g/mol. The van der Waals surface area contributed by atoms with E-state index < -0.39 is 0 Å². The van der Waals surface area contributed by atoms with Crippen LogP contribution in [0.1, 0.15) is 12.0 Å². The van der Waals surface area contributed by atoms with Gasteiger partial charge in [0.25, 0.3) is 0 Å². The highest BCUT2D eigenvalue weighted by Gasteiger charge is 2.39. The van der Waals surface area contributed by atoms with Crippen LogP contribution in [-0.4, -0.2) is 66.4 Å². The molecular formula is C19H24N4O3. The molecule has 1 aromatic heterocycles. The normalized spacial score (nSPS) is 24.3. The molecule has 0 radical (unpaired) electrons. The molecule has 0 aliphatic carbocycles. The third-order valence-electron chi connectivity index (χ3n) is 5.49. The number of rotatable bonds is 3. The Labute approximate surface area is 152 Å². The monoisotopic (exact) mass is 356 g/mol. The largest absolute Gasteiger partial charge is 0.497 e. The zero-order valence-corrected chi connectivity index (χ0v) is 15.1. The standard InChI is InChI=1S/C19H24N4O3/c1-22-11-18(24)21-17-5-6-23(10-15(17)19(22)25)9-12-8-20-16-4-3-13(26-2)7-14(12)16/h3-4,7-8,15,17,20H,5-6,9-11H2,1-2H3,(H,21,24)/t15-,17+/m0/s1. The molecule has 4 rings (SSSR count). The number of carbonyl (C=O) groups excluding carboxylic acids is 2. The molecule has 26 heavy (non-hydrogen) atoms. The minimum atomic E-state index is -0.181. The van der Waals surface area contributed by atoms with Crippen LogP contribution in [0.3, 0.4) is 0 Å². The molecule has 2 aromatic rings. The summed E-state index contributed by atoms with van der Waals surface area (Å²) in [6, 6.07) is 5.94. The first-order valence-electron chi connectivity index (χ1n) is 8.96. The van der Waals surface area contributed by atoms with Crippen LogP contribution in [0.15, 0.2) is 24.4 Å². The molecule has 2 fully saturated rings. The minimum Gasteiger partial charge on any atom is -0.497 e. The van der Waals surface area contributed by atoms with Gasteiger partial charge in [0.15, 0.2) is 0 Å². The van der Waals surface area contributed by atoms with Gasteiger partial charge in [-0.25, -0.2) is 0 Å². The highest BCUT2D eigenvalue weighted by molar-refractivity contribution is 5.89. The first kappa shape index (κ1) is 16.9. The van der Waals surface area contributed by atoms with E-state index in [1.807, 2.05) is 24.4 Å². The van der Waals surface area contributed by atoms with Crippen molar-refractivity contribution in [2.75, 3.05) is 33.8 Å². The van der Waals surface area contributed by atoms with Crippen LogP contribution in [0.4, 0.5) is 0 Å². The van der Waals surface area contributed by atoms with Gasteiger partial charge in [0.05, 0.1) is 19.6 Å². The number of aromatic amines is 1. The highest BCUT2D eigenvalue weighted by Crippen LogP contribution is 2.27. The number of piperidine rings is 1. The van der Waals surface area contributed by atoms with Crippen molar-refractivity contribution in [3.05, 3.63) is 30.0 Å². The number of H-pyrrole nitrogens is 1. The third-order valence-corrected chi connectivity index (χ3v) is 5.49. The number of benzene rings is 1. The van der Waals surface area contributed by atoms with E-state index >= 15 is 0 Å². The van der Waals surface area contributed by atoms with Crippen molar-refractivity contribution in [1.82, 2.24) is 20.1 Å². The van der Waals surface area contributed by atoms with Gasteiger partial charge in [0.2, 0.25) is 11.8 Å². The second-order valence-corrected chi connectivity index (χ2v) is 7.22. The van der Waals surface area contributed by atoms with Crippen molar-refractivity contribution >= 4 is 22.7 Å². The second kappa shape index (κ2) is 6.64. The van der Waals surface area contributed by atoms with Crippen LogP contribution >= 0.6 is 0 Å². The topological polar surface area (TPSA) is 77.7 Å². The molecule has 2 atom stereocenters. The van der Waals surface area contributed by atoms with Gasteiger partial charge in [0, 0.05) is 49.8 Å². The summed E-state index contributed by atoms with van der Waals surface area (Å²) in [5.41, 5.74) is 2.27. The molecule has 138 valence electrons. The van der Waals surface area contributed by atoms with Gasteiger partial charge in [-0.3, -0.25) is 14.5 Å². The van der Waals surface area contributed by atoms with Gasteiger partial charge in [-0.1, -0.05) is 0 Å². The lowest BCUT2D eigenvalue weighted by Crippen LogP contribution is -2.52. The number of aromatic nitrogens is 1. The molecule has 2 aliphatic rings. The van der Waals surface area contributed by atoms with Gasteiger partial charge in [-0.15, -0.1) is 0 Å². The molecule has 0 bridgehead atoms. The van der Waals surface area contributed by atoms with E-state index in [0.717, 1.165) is 36.2 Å². The molecule has 2 saturated heterocycles. The van der Waals surface area contributed by atoms with E-state index in [9.17, 15) is 9.59 Å². The van der Waals surface area contributed by atoms with Crippen molar-refractivity contribution in [2.24, 2.45) is 5.92 Å². The Morgan fingerprint density at radius 1 is 1.31 bits per heavy atom. The maximum atomic E-state index is 12.7. The van der Waals surface area contributed by atoms with Crippen molar-refractivity contribution in [3.8, 4) is 5.75 Å². The Balaban J connectivity index is 1.53. The fourth-order valence-electron chi connectivity index (χ4n) is 4.07. The first-order chi connectivity index (χ1) is 12.5. The molecule has 2 amide bonds. The van der Waals surface area contributed by atoms with Crippen LogP contribution in [0.25, 0.3) is 10.9 Å². The molecule has 0 saturated carbocycles.